The van der Waals surface area contributed by atoms with Gasteiger partial charge in [0.2, 0.25) is 0 Å². The van der Waals surface area contributed by atoms with Crippen molar-refractivity contribution in [3.05, 3.63) is 47.0 Å². The highest BCUT2D eigenvalue weighted by molar-refractivity contribution is 6.33. The van der Waals surface area contributed by atoms with Gasteiger partial charge in [-0.25, -0.2) is 0 Å². The van der Waals surface area contributed by atoms with Gasteiger partial charge in [0, 0.05) is 0 Å². The van der Waals surface area contributed by atoms with Gasteiger partial charge in [0.15, 0.2) is 0 Å². The molecule has 0 saturated heterocycles. The average Bonchev–Trinajstić information content (AvgIpc) is 2.73. The van der Waals surface area contributed by atoms with Gasteiger partial charge in [-0.3, -0.25) is 0 Å². The Labute approximate surface area is 109 Å². The van der Waals surface area contributed by atoms with Crippen molar-refractivity contribution in [1.82, 2.24) is 15.0 Å². The molecule has 0 aliphatic carbocycles. The Balaban J connectivity index is 2.16. The normalized spacial score (nSPS) is 11.0. The van der Waals surface area contributed by atoms with E-state index in [1.54, 1.807) is 16.9 Å². The van der Waals surface area contributed by atoms with E-state index in [-0.39, 0.29) is 0 Å². The van der Waals surface area contributed by atoms with Crippen LogP contribution in [0.25, 0.3) is 16.7 Å². The molecule has 0 unspecified atom stereocenters. The Kier molecular flexibility index (Phi) is 2.45. The number of halogens is 1. The lowest BCUT2D eigenvalue weighted by Crippen LogP contribution is -1.97. The van der Waals surface area contributed by atoms with Crippen molar-refractivity contribution in [2.24, 2.45) is 0 Å². The number of nitrogens with zero attached hydrogens (tertiary/aromatic N) is 3. The predicted octanol–water partition coefficient (Wildman–Crippen LogP) is 2.96. The van der Waals surface area contributed by atoms with E-state index in [4.69, 9.17) is 17.3 Å². The summed E-state index contributed by atoms with van der Waals surface area (Å²) >= 11 is 5.96. The summed E-state index contributed by atoms with van der Waals surface area (Å²) in [6.45, 7) is 2.04. The minimum absolute atomic E-state index is 0.499. The summed E-state index contributed by atoms with van der Waals surface area (Å²) in [6.07, 6.45) is 0. The molecule has 4 nitrogen and oxygen atoms in total. The lowest BCUT2D eigenvalue weighted by Gasteiger charge is -1.98. The fourth-order valence-electron chi connectivity index (χ4n) is 1.75. The summed E-state index contributed by atoms with van der Waals surface area (Å²) in [5.74, 6) is 0. The van der Waals surface area contributed by atoms with E-state index in [1.165, 1.54) is 5.56 Å². The molecule has 0 spiro atoms. The summed E-state index contributed by atoms with van der Waals surface area (Å²) < 4.78 is 0. The van der Waals surface area contributed by atoms with Crippen LogP contribution < -0.4 is 5.73 Å². The topological polar surface area (TPSA) is 56.7 Å². The van der Waals surface area contributed by atoms with Gasteiger partial charge >= 0.3 is 0 Å². The van der Waals surface area contributed by atoms with Crippen LogP contribution in [0.1, 0.15) is 5.56 Å². The number of hydrogen-bond donors (Lipinski definition) is 1. The molecule has 1 heterocycles. The van der Waals surface area contributed by atoms with Crippen molar-refractivity contribution in [3.8, 4) is 5.69 Å². The van der Waals surface area contributed by atoms with Gasteiger partial charge < -0.3 is 5.73 Å². The first-order valence-corrected chi connectivity index (χ1v) is 5.90. The molecular weight excluding hydrogens is 248 g/mol. The van der Waals surface area contributed by atoms with E-state index in [9.17, 15) is 0 Å². The highest BCUT2D eigenvalue weighted by Crippen LogP contribution is 2.24. The zero-order valence-electron chi connectivity index (χ0n) is 9.76. The smallest absolute Gasteiger partial charge is 0.115 e. The average molecular weight is 259 g/mol. The first kappa shape index (κ1) is 11.0. The van der Waals surface area contributed by atoms with Crippen molar-refractivity contribution in [2.75, 3.05) is 5.73 Å². The van der Waals surface area contributed by atoms with Crippen LogP contribution in [-0.2, 0) is 0 Å². The van der Waals surface area contributed by atoms with Crippen LogP contribution >= 0.6 is 11.6 Å². The maximum absolute atomic E-state index is 5.96. The highest BCUT2D eigenvalue weighted by atomic mass is 35.5. The van der Waals surface area contributed by atoms with Crippen LogP contribution in [0.5, 0.6) is 0 Å². The fourth-order valence-corrected chi connectivity index (χ4v) is 1.91. The minimum Gasteiger partial charge on any atom is -0.397 e. The number of benzene rings is 2. The zero-order chi connectivity index (χ0) is 12.7. The third-order valence-electron chi connectivity index (χ3n) is 2.76. The lowest BCUT2D eigenvalue weighted by molar-refractivity contribution is 0.765. The standard InChI is InChI=1S/C13H11ClN4/c1-8-2-4-9(5-3-8)18-16-12-6-10(14)11(15)7-13(12)17-18/h2-7H,15H2,1H3. The van der Waals surface area contributed by atoms with Gasteiger partial charge in [0.1, 0.15) is 11.0 Å². The van der Waals surface area contributed by atoms with Gasteiger partial charge in [-0.05, 0) is 31.2 Å². The number of aromatic nitrogens is 3. The number of anilines is 1. The van der Waals surface area contributed by atoms with Crippen molar-refractivity contribution in [1.29, 1.82) is 0 Å². The largest absolute Gasteiger partial charge is 0.397 e. The molecule has 0 bridgehead atoms. The van der Waals surface area contributed by atoms with E-state index >= 15 is 0 Å². The quantitative estimate of drug-likeness (QED) is 0.683. The third kappa shape index (κ3) is 1.80. The van der Waals surface area contributed by atoms with Crippen molar-refractivity contribution >= 4 is 28.3 Å². The van der Waals surface area contributed by atoms with Crippen molar-refractivity contribution < 1.29 is 0 Å². The number of nitrogens with two attached hydrogens (primary N) is 1. The maximum atomic E-state index is 5.96. The first-order chi connectivity index (χ1) is 8.63. The molecule has 2 aromatic carbocycles. The molecule has 5 heteroatoms. The van der Waals surface area contributed by atoms with E-state index in [1.807, 2.05) is 31.2 Å². The molecule has 3 rings (SSSR count). The molecule has 1 aromatic heterocycles. The summed E-state index contributed by atoms with van der Waals surface area (Å²) in [6, 6.07) is 11.4. The second-order valence-corrected chi connectivity index (χ2v) is 4.59. The van der Waals surface area contributed by atoms with Crippen LogP contribution in [-0.4, -0.2) is 15.0 Å². The number of rotatable bonds is 1. The summed E-state index contributed by atoms with van der Waals surface area (Å²) in [7, 11) is 0. The Bertz CT molecular complexity index is 677. The van der Waals surface area contributed by atoms with Gasteiger partial charge in [0.25, 0.3) is 0 Å². The van der Waals surface area contributed by atoms with Crippen molar-refractivity contribution in [3.63, 3.8) is 0 Å². The molecule has 2 N–H and O–H groups in total. The Morgan fingerprint density at radius 3 is 2.33 bits per heavy atom. The Morgan fingerprint density at radius 1 is 1.06 bits per heavy atom. The first-order valence-electron chi connectivity index (χ1n) is 5.52. The summed E-state index contributed by atoms with van der Waals surface area (Å²) in [5, 5.41) is 9.26. The SMILES string of the molecule is Cc1ccc(-n2nc3cc(N)c(Cl)cc3n2)cc1. The second-order valence-electron chi connectivity index (χ2n) is 4.19. The Morgan fingerprint density at radius 2 is 1.67 bits per heavy atom. The van der Waals surface area contributed by atoms with Gasteiger partial charge in [0.05, 0.1) is 16.4 Å². The summed E-state index contributed by atoms with van der Waals surface area (Å²) in [4.78, 5) is 1.58. The maximum Gasteiger partial charge on any atom is 0.115 e. The molecule has 0 aliphatic rings. The molecule has 0 atom stereocenters. The van der Waals surface area contributed by atoms with E-state index in [0.29, 0.717) is 10.7 Å². The fraction of sp³-hybridized carbons (Fsp3) is 0.0769. The van der Waals surface area contributed by atoms with E-state index < -0.39 is 0 Å². The second kappa shape index (κ2) is 3.99. The number of fused-ring (bicyclic) bond motifs is 1. The van der Waals surface area contributed by atoms with Crippen LogP contribution in [0.15, 0.2) is 36.4 Å². The van der Waals surface area contributed by atoms with Crippen LogP contribution in [0.3, 0.4) is 0 Å². The van der Waals surface area contributed by atoms with Gasteiger partial charge in [-0.1, -0.05) is 29.3 Å². The zero-order valence-corrected chi connectivity index (χ0v) is 10.5. The minimum atomic E-state index is 0.499. The molecular formula is C13H11ClN4. The van der Waals surface area contributed by atoms with Crippen LogP contribution in [0.4, 0.5) is 5.69 Å². The molecule has 0 amide bonds. The van der Waals surface area contributed by atoms with E-state index in [0.717, 1.165) is 16.7 Å². The molecule has 0 aliphatic heterocycles. The lowest BCUT2D eigenvalue weighted by atomic mass is 10.2. The highest BCUT2D eigenvalue weighted by Gasteiger charge is 2.07. The van der Waals surface area contributed by atoms with Gasteiger partial charge in [-0.15, -0.1) is 10.2 Å². The van der Waals surface area contributed by atoms with E-state index in [2.05, 4.69) is 10.2 Å². The van der Waals surface area contributed by atoms with Gasteiger partial charge in [-0.2, -0.15) is 4.80 Å². The molecule has 0 fully saturated rings. The molecule has 90 valence electrons. The number of hydrogen-bond acceptors (Lipinski definition) is 3. The van der Waals surface area contributed by atoms with Crippen molar-refractivity contribution in [2.45, 2.75) is 6.92 Å². The number of nitrogen functional groups attached to an aromatic ring is 1. The number of aryl methyl sites for hydroxylation is 1. The molecule has 0 saturated carbocycles. The molecule has 3 aromatic rings. The summed E-state index contributed by atoms with van der Waals surface area (Å²) in [5.41, 5.74) is 9.83. The Hall–Kier alpha value is -2.07. The van der Waals surface area contributed by atoms with Crippen LogP contribution in [0, 0.1) is 6.92 Å². The predicted molar refractivity (Wildman–Crippen MR) is 73.0 cm³/mol. The molecule has 0 radical (unpaired) electrons. The monoisotopic (exact) mass is 258 g/mol. The van der Waals surface area contributed by atoms with Crippen LogP contribution in [0.2, 0.25) is 5.02 Å². The molecule has 18 heavy (non-hydrogen) atoms. The third-order valence-corrected chi connectivity index (χ3v) is 3.09.